The molecule has 472 valence electrons. The maximum absolute atomic E-state index is 12.7. The molecule has 0 aliphatic carbocycles. The summed E-state index contributed by atoms with van der Waals surface area (Å²) < 4.78 is 33.1. The highest BCUT2D eigenvalue weighted by Gasteiger charge is 2.26. The Hall–Kier alpha value is -4.11. The van der Waals surface area contributed by atoms with Crippen LogP contribution in [0.1, 0.15) is 271 Å². The van der Waals surface area contributed by atoms with Crippen LogP contribution in [0.4, 0.5) is 0 Å². The molecule has 0 aromatic heterocycles. The zero-order chi connectivity index (χ0) is 60.1. The predicted molar refractivity (Wildman–Crippen MR) is 357 cm³/mol. The number of hydrogen-bond acceptors (Lipinski definition) is 8. The van der Waals surface area contributed by atoms with E-state index in [2.05, 4.69) is 160 Å². The average Bonchev–Trinajstić information content (AvgIpc) is 3.49. The summed E-state index contributed by atoms with van der Waals surface area (Å²) in [6, 6.07) is 0. The number of hydrogen-bond donors (Lipinski definition) is 2. The molecule has 0 aliphatic heterocycles. The van der Waals surface area contributed by atoms with Crippen LogP contribution in [0.2, 0.25) is 0 Å². The molecule has 0 aliphatic rings. The van der Waals surface area contributed by atoms with Gasteiger partial charge in [-0.25, -0.2) is 4.57 Å². The van der Waals surface area contributed by atoms with Crippen molar-refractivity contribution in [2.45, 2.75) is 277 Å². The van der Waals surface area contributed by atoms with Gasteiger partial charge in [0.15, 0.2) is 6.10 Å². The van der Waals surface area contributed by atoms with Crippen LogP contribution in [0.15, 0.2) is 146 Å². The van der Waals surface area contributed by atoms with Gasteiger partial charge in [0, 0.05) is 19.4 Å². The third-order valence-corrected chi connectivity index (χ3v) is 14.7. The van der Waals surface area contributed by atoms with Crippen LogP contribution in [0.3, 0.4) is 0 Å². The molecule has 2 unspecified atom stereocenters. The quantitative estimate of drug-likeness (QED) is 0.0264. The molecule has 2 atom stereocenters. The Labute approximate surface area is 509 Å². The van der Waals surface area contributed by atoms with Gasteiger partial charge in [-0.3, -0.25) is 18.6 Å². The Morgan fingerprint density at radius 3 is 1.00 bits per heavy atom. The number of unbranched alkanes of at least 4 members (excludes halogenated alkanes) is 24. The fourth-order valence-corrected chi connectivity index (χ4v) is 9.58. The lowest BCUT2D eigenvalue weighted by molar-refractivity contribution is -0.161. The van der Waals surface area contributed by atoms with Gasteiger partial charge in [-0.05, 0) is 122 Å². The SMILES string of the molecule is CC/C=C\C/C=C\C/C=C\C/C=C\C/C=C\C/C=C\C/C=C\C/C=C\C/C=C\C/C=C\C/C=C\CCCCCCCCCC(=O)OC(COC(=O)CCCCCCCCCCC/C=C\CCCCCCCCCC)COP(=O)(O)OCCN. The van der Waals surface area contributed by atoms with Crippen molar-refractivity contribution in [2.24, 2.45) is 5.73 Å². The Kier molecular flexibility index (Phi) is 63.7. The van der Waals surface area contributed by atoms with Crippen molar-refractivity contribution in [3.8, 4) is 0 Å². The molecule has 3 N–H and O–H groups in total. The van der Waals surface area contributed by atoms with Crippen molar-refractivity contribution in [1.82, 2.24) is 0 Å². The van der Waals surface area contributed by atoms with Gasteiger partial charge in [0.25, 0.3) is 0 Å². The highest BCUT2D eigenvalue weighted by Crippen LogP contribution is 2.43. The Morgan fingerprint density at radius 1 is 0.373 bits per heavy atom. The van der Waals surface area contributed by atoms with Crippen LogP contribution < -0.4 is 5.73 Å². The zero-order valence-electron chi connectivity index (χ0n) is 52.9. The molecule has 0 rings (SSSR count). The van der Waals surface area contributed by atoms with Crippen LogP contribution in [-0.2, 0) is 32.7 Å². The molecule has 0 saturated heterocycles. The molecule has 0 heterocycles. The second kappa shape index (κ2) is 67.0. The monoisotopic (exact) mass is 1170 g/mol. The topological polar surface area (TPSA) is 134 Å². The molecular weight excluding hydrogens is 1050 g/mol. The number of esters is 2. The lowest BCUT2D eigenvalue weighted by atomic mass is 10.1. The molecule has 0 aromatic carbocycles. The zero-order valence-corrected chi connectivity index (χ0v) is 53.8. The van der Waals surface area contributed by atoms with Crippen LogP contribution in [0, 0.1) is 0 Å². The average molecular weight is 1170 g/mol. The van der Waals surface area contributed by atoms with E-state index in [0.717, 1.165) is 122 Å². The third-order valence-electron chi connectivity index (χ3n) is 13.7. The number of carbonyl (C=O) groups excluding carboxylic acids is 2. The number of nitrogens with two attached hydrogens (primary N) is 1. The lowest BCUT2D eigenvalue weighted by Gasteiger charge is -2.19. The van der Waals surface area contributed by atoms with E-state index in [4.69, 9.17) is 24.3 Å². The minimum atomic E-state index is -4.40. The fraction of sp³-hybridized carbons (Fsp3) is 0.644. The molecule has 0 bridgehead atoms. The summed E-state index contributed by atoms with van der Waals surface area (Å²) in [5, 5.41) is 0. The smallest absolute Gasteiger partial charge is 0.462 e. The van der Waals surface area contributed by atoms with E-state index in [0.29, 0.717) is 6.42 Å². The van der Waals surface area contributed by atoms with E-state index in [1.54, 1.807) is 0 Å². The molecule has 0 spiro atoms. The molecule has 83 heavy (non-hydrogen) atoms. The van der Waals surface area contributed by atoms with Gasteiger partial charge in [-0.15, -0.1) is 0 Å². The fourth-order valence-electron chi connectivity index (χ4n) is 8.81. The van der Waals surface area contributed by atoms with Gasteiger partial charge in [-0.2, -0.15) is 0 Å². The number of ether oxygens (including phenoxy) is 2. The minimum absolute atomic E-state index is 0.0449. The third kappa shape index (κ3) is 66.9. The molecule has 0 fully saturated rings. The summed E-state index contributed by atoms with van der Waals surface area (Å²) in [6.45, 7) is 3.62. The van der Waals surface area contributed by atoms with Gasteiger partial charge in [-0.1, -0.05) is 282 Å². The Bertz CT molecular complexity index is 1870. The number of phosphoric acid groups is 1. The van der Waals surface area contributed by atoms with Crippen molar-refractivity contribution in [1.29, 1.82) is 0 Å². The first kappa shape index (κ1) is 78.9. The van der Waals surface area contributed by atoms with Crippen molar-refractivity contribution in [3.05, 3.63) is 146 Å². The van der Waals surface area contributed by atoms with Gasteiger partial charge in [0.05, 0.1) is 13.2 Å². The number of phosphoric ester groups is 1. The molecule has 10 heteroatoms. The summed E-state index contributed by atoms with van der Waals surface area (Å²) in [5.74, 6) is -0.846. The molecule has 0 radical (unpaired) electrons. The summed E-state index contributed by atoms with van der Waals surface area (Å²) in [7, 11) is -4.40. The standard InChI is InChI=1S/C73H122NO8P/c1-3-5-7-9-11-13-15-17-19-21-23-25-26-27-28-29-30-31-32-33-34-35-36-37-38-39-40-41-42-43-44-46-48-50-52-54-56-58-60-62-64-66-73(76)82-71(70-81-83(77,78)80-68-67-74)69-79-72(75)65-63-61-59-57-55-53-51-49-47-45-24-22-20-18-16-14-12-10-8-6-4-2/h5,7,11,13,17,19,22-25,27-28,30-31,33-34,36-37,39-40,42-43,46,48,71H,3-4,6,8-10,12,14-16,18,20-21,26,29,32,35,38,41,44-45,47,49-70,74H2,1-2H3,(H,77,78)/b7-5-,13-11-,19-17-,24-22-,25-23-,28-27-,31-30-,34-33-,37-36-,40-39-,43-42-,48-46-. The molecule has 0 amide bonds. The van der Waals surface area contributed by atoms with Gasteiger partial charge < -0.3 is 20.1 Å². The lowest BCUT2D eigenvalue weighted by Crippen LogP contribution is -2.29. The first-order valence-electron chi connectivity index (χ1n) is 33.3. The van der Waals surface area contributed by atoms with Crippen molar-refractivity contribution in [3.63, 3.8) is 0 Å². The number of carbonyl (C=O) groups is 2. The van der Waals surface area contributed by atoms with E-state index < -0.39 is 26.5 Å². The minimum Gasteiger partial charge on any atom is -0.462 e. The van der Waals surface area contributed by atoms with Crippen molar-refractivity contribution >= 4 is 19.8 Å². The van der Waals surface area contributed by atoms with E-state index in [1.807, 2.05) is 0 Å². The maximum atomic E-state index is 12.7. The Balaban J connectivity index is 4.00. The van der Waals surface area contributed by atoms with E-state index >= 15 is 0 Å². The second-order valence-corrected chi connectivity index (χ2v) is 23.1. The van der Waals surface area contributed by atoms with Gasteiger partial charge in [0.1, 0.15) is 6.61 Å². The highest BCUT2D eigenvalue weighted by molar-refractivity contribution is 7.47. The largest absolute Gasteiger partial charge is 0.472 e. The van der Waals surface area contributed by atoms with Crippen LogP contribution in [0.5, 0.6) is 0 Å². The second-order valence-electron chi connectivity index (χ2n) is 21.6. The molecule has 0 saturated carbocycles. The van der Waals surface area contributed by atoms with Crippen LogP contribution >= 0.6 is 7.82 Å². The molecule has 0 aromatic rings. The maximum Gasteiger partial charge on any atom is 0.472 e. The van der Waals surface area contributed by atoms with E-state index in [9.17, 15) is 19.0 Å². The normalized spacial score (nSPS) is 13.9. The van der Waals surface area contributed by atoms with E-state index in [1.165, 1.54) is 116 Å². The van der Waals surface area contributed by atoms with Crippen LogP contribution in [-0.4, -0.2) is 49.3 Å². The first-order chi connectivity index (χ1) is 40.8. The number of rotatable bonds is 61. The summed E-state index contributed by atoms with van der Waals surface area (Å²) >= 11 is 0. The van der Waals surface area contributed by atoms with Crippen LogP contribution in [0.25, 0.3) is 0 Å². The van der Waals surface area contributed by atoms with Crippen molar-refractivity contribution < 1.29 is 37.6 Å². The number of allylic oxidation sites excluding steroid dienone is 24. The molecular formula is C73H122NO8P. The summed E-state index contributed by atoms with van der Waals surface area (Å²) in [6.07, 6.45) is 96.3. The Morgan fingerprint density at radius 2 is 0.663 bits per heavy atom. The predicted octanol–water partition coefficient (Wildman–Crippen LogP) is 21.9. The van der Waals surface area contributed by atoms with Gasteiger partial charge >= 0.3 is 19.8 Å². The van der Waals surface area contributed by atoms with Crippen molar-refractivity contribution in [2.75, 3.05) is 26.4 Å². The first-order valence-corrected chi connectivity index (χ1v) is 34.8. The summed E-state index contributed by atoms with van der Waals surface area (Å²) in [5.41, 5.74) is 5.39. The van der Waals surface area contributed by atoms with Gasteiger partial charge in [0.2, 0.25) is 0 Å². The van der Waals surface area contributed by atoms with E-state index in [-0.39, 0.29) is 38.6 Å². The highest BCUT2D eigenvalue weighted by atomic mass is 31.2. The molecule has 9 nitrogen and oxygen atoms in total. The summed E-state index contributed by atoms with van der Waals surface area (Å²) in [4.78, 5) is 35.3.